The Bertz CT molecular complexity index is 1240. The lowest BCUT2D eigenvalue weighted by molar-refractivity contribution is 0.477. The van der Waals surface area contributed by atoms with E-state index in [1.165, 1.54) is 27.9 Å². The summed E-state index contributed by atoms with van der Waals surface area (Å²) in [6.45, 7) is 6.78. The Kier molecular flexibility index (Phi) is 5.03. The lowest BCUT2D eigenvalue weighted by Crippen LogP contribution is -2.14. The standard InChI is InChI=1S/C27H26N2OS/c1-16(2)18-12-8-13-20-17(3)19-9-4-5-10-21(19)26(29-25(18)20)27-28-23(15-31-27)22-11-6-7-14-24(22)30/h4-17,26,29-30H,1-3H3. The minimum Gasteiger partial charge on any atom is -0.507 e. The van der Waals surface area contributed by atoms with Crippen LogP contribution in [0.3, 0.4) is 0 Å². The number of hydrogen-bond acceptors (Lipinski definition) is 4. The van der Waals surface area contributed by atoms with Crippen molar-refractivity contribution in [3.8, 4) is 17.0 Å². The number of aromatic nitrogens is 1. The summed E-state index contributed by atoms with van der Waals surface area (Å²) in [5.74, 6) is 0.972. The van der Waals surface area contributed by atoms with E-state index >= 15 is 0 Å². The Labute approximate surface area is 187 Å². The topological polar surface area (TPSA) is 45.2 Å². The molecule has 0 radical (unpaired) electrons. The van der Waals surface area contributed by atoms with Gasteiger partial charge >= 0.3 is 0 Å². The van der Waals surface area contributed by atoms with E-state index < -0.39 is 0 Å². The molecule has 2 atom stereocenters. The predicted molar refractivity (Wildman–Crippen MR) is 129 cm³/mol. The van der Waals surface area contributed by atoms with Gasteiger partial charge in [-0.25, -0.2) is 4.98 Å². The molecule has 0 saturated heterocycles. The maximum absolute atomic E-state index is 10.3. The molecule has 2 heterocycles. The number of rotatable bonds is 3. The zero-order valence-corrected chi connectivity index (χ0v) is 18.8. The predicted octanol–water partition coefficient (Wildman–Crippen LogP) is 7.31. The molecule has 1 aliphatic rings. The Hall–Kier alpha value is -3.11. The second kappa shape index (κ2) is 7.86. The van der Waals surface area contributed by atoms with Crippen LogP contribution in [-0.2, 0) is 0 Å². The summed E-state index contributed by atoms with van der Waals surface area (Å²) in [6, 6.07) is 22.7. The summed E-state index contributed by atoms with van der Waals surface area (Å²) in [5.41, 5.74) is 8.07. The smallest absolute Gasteiger partial charge is 0.125 e. The van der Waals surface area contributed by atoms with Crippen molar-refractivity contribution < 1.29 is 5.11 Å². The van der Waals surface area contributed by atoms with Crippen LogP contribution in [0.5, 0.6) is 5.75 Å². The van der Waals surface area contributed by atoms with E-state index in [0.29, 0.717) is 11.8 Å². The molecule has 0 saturated carbocycles. The SMILES string of the molecule is CC(C)c1cccc2c1NC(c1nc(-c3ccccc3O)cs1)c1ccccc1C2C. The third-order valence-electron chi connectivity index (χ3n) is 6.23. The maximum atomic E-state index is 10.3. The minimum atomic E-state index is -0.0376. The molecular weight excluding hydrogens is 400 g/mol. The van der Waals surface area contributed by atoms with Crippen LogP contribution in [-0.4, -0.2) is 10.1 Å². The molecule has 0 fully saturated rings. The Morgan fingerprint density at radius 3 is 2.39 bits per heavy atom. The van der Waals surface area contributed by atoms with Crippen LogP contribution in [0.1, 0.15) is 65.9 Å². The number of aromatic hydroxyl groups is 1. The number of nitrogens with one attached hydrogen (secondary N) is 1. The Morgan fingerprint density at radius 1 is 0.903 bits per heavy atom. The molecule has 0 amide bonds. The van der Waals surface area contributed by atoms with Gasteiger partial charge in [0.1, 0.15) is 16.8 Å². The molecule has 3 nitrogen and oxygen atoms in total. The fourth-order valence-corrected chi connectivity index (χ4v) is 5.47. The zero-order chi connectivity index (χ0) is 21.5. The molecule has 4 aromatic rings. The molecule has 0 aliphatic carbocycles. The quantitative estimate of drug-likeness (QED) is 0.361. The Balaban J connectivity index is 1.67. The summed E-state index contributed by atoms with van der Waals surface area (Å²) in [6.07, 6.45) is 0. The van der Waals surface area contributed by atoms with Crippen molar-refractivity contribution in [1.29, 1.82) is 0 Å². The third kappa shape index (κ3) is 3.41. The highest BCUT2D eigenvalue weighted by Crippen LogP contribution is 2.45. The fourth-order valence-electron chi connectivity index (χ4n) is 4.58. The first kappa shape index (κ1) is 19.8. The third-order valence-corrected chi connectivity index (χ3v) is 7.14. The van der Waals surface area contributed by atoms with Gasteiger partial charge in [0, 0.05) is 22.5 Å². The van der Waals surface area contributed by atoms with E-state index in [-0.39, 0.29) is 11.8 Å². The van der Waals surface area contributed by atoms with Gasteiger partial charge in [-0.05, 0) is 40.3 Å². The second-order valence-corrected chi connectivity index (χ2v) is 9.37. The van der Waals surface area contributed by atoms with Crippen molar-refractivity contribution in [3.05, 3.63) is 99.4 Å². The molecule has 2 N–H and O–H groups in total. The molecule has 5 rings (SSSR count). The molecule has 4 heteroatoms. The summed E-state index contributed by atoms with van der Waals surface area (Å²) >= 11 is 1.64. The van der Waals surface area contributed by atoms with Crippen LogP contribution < -0.4 is 5.32 Å². The van der Waals surface area contributed by atoms with Gasteiger partial charge in [-0.1, -0.05) is 75.4 Å². The van der Waals surface area contributed by atoms with Gasteiger partial charge in [0.2, 0.25) is 0 Å². The van der Waals surface area contributed by atoms with Gasteiger partial charge < -0.3 is 10.4 Å². The van der Waals surface area contributed by atoms with Gasteiger partial charge in [0.15, 0.2) is 0 Å². The molecular formula is C27H26N2OS. The summed E-state index contributed by atoms with van der Waals surface area (Å²) in [5, 5.41) is 17.2. The molecule has 3 aromatic carbocycles. The molecule has 2 unspecified atom stereocenters. The first-order chi connectivity index (χ1) is 15.0. The molecule has 31 heavy (non-hydrogen) atoms. The monoisotopic (exact) mass is 426 g/mol. The van der Waals surface area contributed by atoms with E-state index in [2.05, 4.69) is 68.6 Å². The highest BCUT2D eigenvalue weighted by Gasteiger charge is 2.30. The fraction of sp³-hybridized carbons (Fsp3) is 0.222. The van der Waals surface area contributed by atoms with Crippen LogP contribution in [0.25, 0.3) is 11.3 Å². The van der Waals surface area contributed by atoms with E-state index in [1.54, 1.807) is 17.4 Å². The van der Waals surface area contributed by atoms with Crippen LogP contribution in [0.4, 0.5) is 5.69 Å². The number of fused-ring (bicyclic) bond motifs is 2. The van der Waals surface area contributed by atoms with Crippen molar-refractivity contribution in [2.75, 3.05) is 5.32 Å². The number of para-hydroxylation sites is 2. The van der Waals surface area contributed by atoms with Crippen LogP contribution >= 0.6 is 11.3 Å². The first-order valence-electron chi connectivity index (χ1n) is 10.8. The van der Waals surface area contributed by atoms with E-state index in [4.69, 9.17) is 4.98 Å². The van der Waals surface area contributed by atoms with Gasteiger partial charge in [0.05, 0.1) is 5.69 Å². The number of phenolic OH excluding ortho intramolecular Hbond substituents is 1. The second-order valence-electron chi connectivity index (χ2n) is 8.48. The largest absolute Gasteiger partial charge is 0.507 e. The van der Waals surface area contributed by atoms with Crippen molar-refractivity contribution in [2.45, 2.75) is 38.6 Å². The average molecular weight is 427 g/mol. The summed E-state index contributed by atoms with van der Waals surface area (Å²) in [4.78, 5) is 4.97. The van der Waals surface area contributed by atoms with Gasteiger partial charge in [0.25, 0.3) is 0 Å². The number of phenols is 1. The van der Waals surface area contributed by atoms with Gasteiger partial charge in [-0.3, -0.25) is 0 Å². The zero-order valence-electron chi connectivity index (χ0n) is 18.0. The highest BCUT2D eigenvalue weighted by molar-refractivity contribution is 7.10. The van der Waals surface area contributed by atoms with Crippen molar-refractivity contribution in [3.63, 3.8) is 0 Å². The van der Waals surface area contributed by atoms with Crippen LogP contribution in [0.15, 0.2) is 72.1 Å². The number of benzene rings is 3. The van der Waals surface area contributed by atoms with E-state index in [0.717, 1.165) is 16.3 Å². The normalized spacial score (nSPS) is 17.5. The number of anilines is 1. The molecule has 0 spiro atoms. The van der Waals surface area contributed by atoms with E-state index in [1.807, 2.05) is 23.6 Å². The van der Waals surface area contributed by atoms with Gasteiger partial charge in [-0.15, -0.1) is 11.3 Å². The molecule has 1 aliphatic heterocycles. The number of thiazole rings is 1. The summed E-state index contributed by atoms with van der Waals surface area (Å²) < 4.78 is 0. The lowest BCUT2D eigenvalue weighted by Gasteiger charge is -2.22. The van der Waals surface area contributed by atoms with Crippen LogP contribution in [0.2, 0.25) is 0 Å². The lowest BCUT2D eigenvalue weighted by atomic mass is 9.87. The van der Waals surface area contributed by atoms with Crippen molar-refractivity contribution >= 4 is 17.0 Å². The van der Waals surface area contributed by atoms with Crippen LogP contribution in [0, 0.1) is 0 Å². The average Bonchev–Trinajstić information content (AvgIpc) is 3.22. The maximum Gasteiger partial charge on any atom is 0.125 e. The molecule has 0 bridgehead atoms. The highest BCUT2D eigenvalue weighted by atomic mass is 32.1. The van der Waals surface area contributed by atoms with Crippen molar-refractivity contribution in [2.24, 2.45) is 0 Å². The Morgan fingerprint density at radius 2 is 1.61 bits per heavy atom. The van der Waals surface area contributed by atoms with Gasteiger partial charge in [-0.2, -0.15) is 0 Å². The number of nitrogens with zero attached hydrogens (tertiary/aromatic N) is 1. The van der Waals surface area contributed by atoms with E-state index in [9.17, 15) is 5.11 Å². The first-order valence-corrected chi connectivity index (χ1v) is 11.6. The number of hydrogen-bond donors (Lipinski definition) is 2. The summed E-state index contributed by atoms with van der Waals surface area (Å²) in [7, 11) is 0. The minimum absolute atomic E-state index is 0.0376. The molecule has 1 aromatic heterocycles. The molecule has 156 valence electrons. The van der Waals surface area contributed by atoms with Crippen molar-refractivity contribution in [1.82, 2.24) is 4.98 Å².